The number of carboxylic acids is 1. The van der Waals surface area contributed by atoms with E-state index in [2.05, 4.69) is 10.3 Å². The number of Topliss-reactive ketones (excluding diaryl/α,β-unsaturated/α-hetero) is 1. The monoisotopic (exact) mass is 538 g/mol. The molecule has 0 spiro atoms. The highest BCUT2D eigenvalue weighted by atomic mass is 16.5. The van der Waals surface area contributed by atoms with Gasteiger partial charge in [-0.05, 0) is 67.4 Å². The molecule has 40 heavy (non-hydrogen) atoms. The molecule has 3 aromatic carbocycles. The number of ether oxygens (including phenoxy) is 2. The van der Waals surface area contributed by atoms with Crippen molar-refractivity contribution >= 4 is 23.5 Å². The Morgan fingerprint density at radius 2 is 1.40 bits per heavy atom. The van der Waals surface area contributed by atoms with Crippen molar-refractivity contribution < 1.29 is 29.0 Å². The summed E-state index contributed by atoms with van der Waals surface area (Å²) >= 11 is 0. The average Bonchev–Trinajstić information content (AvgIpc) is 2.97. The maximum atomic E-state index is 12.9. The molecule has 8 nitrogen and oxygen atoms in total. The van der Waals surface area contributed by atoms with Gasteiger partial charge in [-0.1, -0.05) is 42.5 Å². The Kier molecular flexibility index (Phi) is 9.25. The van der Waals surface area contributed by atoms with Crippen molar-refractivity contribution in [1.29, 1.82) is 0 Å². The summed E-state index contributed by atoms with van der Waals surface area (Å²) in [5.41, 5.74) is 3.66. The summed E-state index contributed by atoms with van der Waals surface area (Å²) in [6, 6.07) is 24.6. The molecule has 2 N–H and O–H groups in total. The van der Waals surface area contributed by atoms with Crippen LogP contribution >= 0.6 is 0 Å². The average molecular weight is 539 g/mol. The minimum atomic E-state index is -1.01. The van der Waals surface area contributed by atoms with E-state index in [1.54, 1.807) is 36.4 Å². The van der Waals surface area contributed by atoms with E-state index in [1.165, 1.54) is 12.1 Å². The van der Waals surface area contributed by atoms with Gasteiger partial charge in [-0.2, -0.15) is 0 Å². The molecule has 0 saturated heterocycles. The third-order valence-electron chi connectivity index (χ3n) is 6.07. The maximum absolute atomic E-state index is 12.9. The Hall–Kier alpha value is -4.98. The van der Waals surface area contributed by atoms with E-state index >= 15 is 0 Å². The van der Waals surface area contributed by atoms with Gasteiger partial charge in [0.2, 0.25) is 5.91 Å². The lowest BCUT2D eigenvalue weighted by Crippen LogP contribution is -2.15. The third kappa shape index (κ3) is 7.11. The zero-order chi connectivity index (χ0) is 28.5. The molecule has 0 fully saturated rings. The van der Waals surface area contributed by atoms with Gasteiger partial charge in [-0.3, -0.25) is 9.59 Å². The van der Waals surface area contributed by atoms with Crippen LogP contribution in [-0.4, -0.2) is 41.0 Å². The van der Waals surface area contributed by atoms with Crippen LogP contribution in [0.2, 0.25) is 0 Å². The number of nitrogens with one attached hydrogen (secondary N) is 1. The summed E-state index contributed by atoms with van der Waals surface area (Å²) in [4.78, 5) is 41.6. The number of aromatic nitrogens is 1. The number of nitrogens with zero attached hydrogens (tertiary/aromatic N) is 1. The fraction of sp³-hybridized carbons (Fsp3) is 0.188. The smallest absolute Gasteiger partial charge is 0.335 e. The molecule has 0 radical (unpaired) electrons. The number of carbonyl (C=O) groups is 3. The van der Waals surface area contributed by atoms with Crippen LogP contribution in [0.3, 0.4) is 0 Å². The number of rotatable bonds is 12. The van der Waals surface area contributed by atoms with Crippen LogP contribution in [0.25, 0.3) is 22.4 Å². The second-order valence-electron chi connectivity index (χ2n) is 8.87. The van der Waals surface area contributed by atoms with Crippen LogP contribution in [0, 0.1) is 0 Å². The van der Waals surface area contributed by atoms with Gasteiger partial charge < -0.3 is 19.9 Å². The fourth-order valence-corrected chi connectivity index (χ4v) is 4.12. The Morgan fingerprint density at radius 3 is 2.08 bits per heavy atom. The van der Waals surface area contributed by atoms with Crippen molar-refractivity contribution in [3.05, 3.63) is 96.1 Å². The second kappa shape index (κ2) is 13.2. The predicted octanol–water partition coefficient (Wildman–Crippen LogP) is 6.51. The Morgan fingerprint density at radius 1 is 0.725 bits per heavy atom. The third-order valence-corrected chi connectivity index (χ3v) is 6.07. The van der Waals surface area contributed by atoms with Crippen LogP contribution in [0.5, 0.6) is 11.5 Å². The van der Waals surface area contributed by atoms with E-state index in [-0.39, 0.29) is 30.1 Å². The van der Waals surface area contributed by atoms with Crippen LogP contribution in [-0.2, 0) is 4.79 Å². The van der Waals surface area contributed by atoms with Gasteiger partial charge in [-0.15, -0.1) is 0 Å². The van der Waals surface area contributed by atoms with Crippen molar-refractivity contribution in [2.75, 3.05) is 18.5 Å². The number of amides is 1. The lowest BCUT2D eigenvalue weighted by Gasteiger charge is -2.12. The van der Waals surface area contributed by atoms with Crippen LogP contribution in [0.1, 0.15) is 47.4 Å². The number of carbonyl (C=O) groups excluding carboxylic acids is 2. The second-order valence-corrected chi connectivity index (χ2v) is 8.87. The highest BCUT2D eigenvalue weighted by Gasteiger charge is 2.15. The SMILES string of the molecule is CCOc1ccc(C(=O)CCC(=O)Nc2cc(-c3ccc(C(=O)O)cc3)cc(-c3ccccc3)n2)cc1OCC. The first-order chi connectivity index (χ1) is 19.4. The molecule has 0 aliphatic rings. The first-order valence-corrected chi connectivity index (χ1v) is 13.0. The van der Waals surface area contributed by atoms with E-state index in [4.69, 9.17) is 9.47 Å². The normalized spacial score (nSPS) is 10.6. The lowest BCUT2D eigenvalue weighted by molar-refractivity contribution is -0.116. The summed E-state index contributed by atoms with van der Waals surface area (Å²) in [5.74, 6) is -0.163. The zero-order valence-electron chi connectivity index (χ0n) is 22.3. The topological polar surface area (TPSA) is 115 Å². The predicted molar refractivity (Wildman–Crippen MR) is 153 cm³/mol. The minimum Gasteiger partial charge on any atom is -0.490 e. The van der Waals surface area contributed by atoms with Gasteiger partial charge in [0, 0.05) is 24.0 Å². The van der Waals surface area contributed by atoms with E-state index in [1.807, 2.05) is 50.2 Å². The van der Waals surface area contributed by atoms with Gasteiger partial charge in [-0.25, -0.2) is 9.78 Å². The number of pyridine rings is 1. The number of benzene rings is 3. The highest BCUT2D eigenvalue weighted by molar-refractivity contribution is 6.00. The molecule has 0 aliphatic heterocycles. The molecule has 8 heteroatoms. The molecule has 0 unspecified atom stereocenters. The van der Waals surface area contributed by atoms with Crippen molar-refractivity contribution in [3.63, 3.8) is 0 Å². The summed E-state index contributed by atoms with van der Waals surface area (Å²) < 4.78 is 11.2. The Bertz CT molecular complexity index is 1500. The fourth-order valence-electron chi connectivity index (χ4n) is 4.12. The molecule has 0 aliphatic carbocycles. The number of hydrogen-bond acceptors (Lipinski definition) is 6. The molecule has 4 aromatic rings. The number of hydrogen-bond donors (Lipinski definition) is 2. The van der Waals surface area contributed by atoms with Crippen molar-refractivity contribution in [1.82, 2.24) is 4.98 Å². The standard InChI is InChI=1S/C32H30N2O6/c1-3-39-28-16-14-24(19-29(28)40-4-2)27(35)15-17-31(36)34-30-20-25(21-10-12-23(13-11-21)32(37)38)18-26(33-30)22-8-6-5-7-9-22/h5-14,16,18-20H,3-4,15,17H2,1-2H3,(H,37,38)(H,33,34,36). The van der Waals surface area contributed by atoms with Gasteiger partial charge in [0.1, 0.15) is 5.82 Å². The molecule has 204 valence electrons. The number of anilines is 1. The largest absolute Gasteiger partial charge is 0.490 e. The Labute approximate surface area is 232 Å². The van der Waals surface area contributed by atoms with Gasteiger partial charge in [0.15, 0.2) is 17.3 Å². The zero-order valence-corrected chi connectivity index (χ0v) is 22.3. The number of aromatic carboxylic acids is 1. The first kappa shape index (κ1) is 28.0. The molecular weight excluding hydrogens is 508 g/mol. The summed E-state index contributed by atoms with van der Waals surface area (Å²) in [7, 11) is 0. The van der Waals surface area contributed by atoms with E-state index in [0.29, 0.717) is 41.8 Å². The van der Waals surface area contributed by atoms with Crippen LogP contribution < -0.4 is 14.8 Å². The van der Waals surface area contributed by atoms with E-state index in [0.717, 1.165) is 16.7 Å². The van der Waals surface area contributed by atoms with Crippen LogP contribution in [0.15, 0.2) is 84.9 Å². The lowest BCUT2D eigenvalue weighted by atomic mass is 10.0. The quantitative estimate of drug-likeness (QED) is 0.198. The van der Waals surface area contributed by atoms with Gasteiger partial charge in [0.25, 0.3) is 0 Å². The number of carboxylic acid groups (broad SMARTS) is 1. The molecule has 4 rings (SSSR count). The molecule has 1 aromatic heterocycles. The molecule has 0 saturated carbocycles. The Balaban J connectivity index is 1.51. The molecular formula is C32H30N2O6. The van der Waals surface area contributed by atoms with E-state index in [9.17, 15) is 19.5 Å². The van der Waals surface area contributed by atoms with Gasteiger partial charge in [0.05, 0.1) is 24.5 Å². The maximum Gasteiger partial charge on any atom is 0.335 e. The van der Waals surface area contributed by atoms with Crippen molar-refractivity contribution in [2.45, 2.75) is 26.7 Å². The summed E-state index contributed by atoms with van der Waals surface area (Å²) in [6.07, 6.45) is -0.0246. The summed E-state index contributed by atoms with van der Waals surface area (Å²) in [5, 5.41) is 12.0. The number of ketones is 1. The summed E-state index contributed by atoms with van der Waals surface area (Å²) in [6.45, 7) is 4.63. The highest BCUT2D eigenvalue weighted by Crippen LogP contribution is 2.30. The first-order valence-electron chi connectivity index (χ1n) is 13.0. The minimum absolute atomic E-state index is 0.00721. The van der Waals surface area contributed by atoms with Crippen molar-refractivity contribution in [3.8, 4) is 33.9 Å². The van der Waals surface area contributed by atoms with Crippen molar-refractivity contribution in [2.24, 2.45) is 0 Å². The van der Waals surface area contributed by atoms with Crippen LogP contribution in [0.4, 0.5) is 5.82 Å². The van der Waals surface area contributed by atoms with Gasteiger partial charge >= 0.3 is 5.97 Å². The molecule has 1 heterocycles. The van der Waals surface area contributed by atoms with E-state index < -0.39 is 5.97 Å². The molecule has 0 bridgehead atoms. The molecule has 0 atom stereocenters. The molecule has 1 amide bonds.